The lowest BCUT2D eigenvalue weighted by Gasteiger charge is -2.19. The van der Waals surface area contributed by atoms with Gasteiger partial charge in [0.05, 0.1) is 19.8 Å². The van der Waals surface area contributed by atoms with Gasteiger partial charge in [-0.25, -0.2) is 4.57 Å². The van der Waals surface area contributed by atoms with E-state index in [9.17, 15) is 9.46 Å². The third kappa shape index (κ3) is 13.1. The third-order valence-electron chi connectivity index (χ3n) is 2.05. The van der Waals surface area contributed by atoms with Crippen LogP contribution in [-0.2, 0) is 18.3 Å². The summed E-state index contributed by atoms with van der Waals surface area (Å²) in [5.74, 6) is 0. The highest BCUT2D eigenvalue weighted by Gasteiger charge is 2.25. The Labute approximate surface area is 121 Å². The fourth-order valence-electron chi connectivity index (χ4n) is 1.18. The number of hydrogen-bond donors (Lipinski definition) is 1. The van der Waals surface area contributed by atoms with E-state index in [-0.39, 0.29) is 18.6 Å². The number of halogens is 1. The second-order valence-corrected chi connectivity index (χ2v) is 7.47. The van der Waals surface area contributed by atoms with Crippen molar-refractivity contribution in [1.29, 1.82) is 0 Å². The van der Waals surface area contributed by atoms with E-state index in [1.54, 1.807) is 0 Å². The molecule has 0 amide bonds. The molecule has 116 valence electrons. The molecule has 0 bridgehead atoms. The Kier molecular flexibility index (Phi) is 9.50. The molecule has 0 aliphatic heterocycles. The SMILES string of the molecule is CCCCC(Cl)OP(=O)(O)OCCOCC(C)(C)C. The molecule has 2 atom stereocenters. The topological polar surface area (TPSA) is 65.0 Å². The van der Waals surface area contributed by atoms with Gasteiger partial charge in [0.25, 0.3) is 0 Å². The smallest absolute Gasteiger partial charge is 0.378 e. The van der Waals surface area contributed by atoms with Crippen LogP contribution in [0.1, 0.15) is 47.0 Å². The lowest BCUT2D eigenvalue weighted by Crippen LogP contribution is -2.17. The molecule has 0 aromatic heterocycles. The van der Waals surface area contributed by atoms with Crippen molar-refractivity contribution < 1.29 is 23.2 Å². The molecule has 5 nitrogen and oxygen atoms in total. The van der Waals surface area contributed by atoms with E-state index >= 15 is 0 Å². The highest BCUT2D eigenvalue weighted by molar-refractivity contribution is 7.47. The fraction of sp³-hybridized carbons (Fsp3) is 1.00. The molecule has 0 aromatic rings. The molecule has 0 radical (unpaired) electrons. The van der Waals surface area contributed by atoms with Crippen molar-refractivity contribution in [3.8, 4) is 0 Å². The van der Waals surface area contributed by atoms with Crippen LogP contribution >= 0.6 is 19.4 Å². The first-order chi connectivity index (χ1) is 8.66. The highest BCUT2D eigenvalue weighted by Crippen LogP contribution is 2.45. The van der Waals surface area contributed by atoms with Gasteiger partial charge in [-0.05, 0) is 18.3 Å². The van der Waals surface area contributed by atoms with Crippen LogP contribution in [0.3, 0.4) is 0 Å². The fourth-order valence-corrected chi connectivity index (χ4v) is 2.40. The largest absolute Gasteiger partial charge is 0.473 e. The number of ether oxygens (including phenoxy) is 1. The van der Waals surface area contributed by atoms with Gasteiger partial charge in [-0.3, -0.25) is 9.05 Å². The van der Waals surface area contributed by atoms with Crippen LogP contribution in [0.5, 0.6) is 0 Å². The molecule has 0 heterocycles. The number of rotatable bonds is 10. The van der Waals surface area contributed by atoms with E-state index in [0.717, 1.165) is 12.8 Å². The average Bonchev–Trinajstić information content (AvgIpc) is 2.23. The standard InChI is InChI=1S/C12H26ClO5P/c1-5-6-7-11(13)18-19(14,15)17-9-8-16-10-12(2,3)4/h11H,5-10H2,1-4H3,(H,14,15). The second-order valence-electron chi connectivity index (χ2n) is 5.57. The predicted molar refractivity (Wildman–Crippen MR) is 76.3 cm³/mol. The maximum absolute atomic E-state index is 11.5. The van der Waals surface area contributed by atoms with Crippen molar-refractivity contribution in [1.82, 2.24) is 0 Å². The molecule has 0 saturated carbocycles. The summed E-state index contributed by atoms with van der Waals surface area (Å²) in [4.78, 5) is 9.41. The zero-order chi connectivity index (χ0) is 14.9. The molecule has 1 N–H and O–H groups in total. The van der Waals surface area contributed by atoms with Crippen molar-refractivity contribution in [3.63, 3.8) is 0 Å². The maximum atomic E-state index is 11.5. The van der Waals surface area contributed by atoms with E-state index in [1.807, 2.05) is 27.7 Å². The van der Waals surface area contributed by atoms with Crippen molar-refractivity contribution in [2.45, 2.75) is 52.5 Å². The van der Waals surface area contributed by atoms with E-state index < -0.39 is 13.4 Å². The Bertz CT molecular complexity index is 280. The zero-order valence-electron chi connectivity index (χ0n) is 12.2. The van der Waals surface area contributed by atoms with E-state index in [2.05, 4.69) is 0 Å². The summed E-state index contributed by atoms with van der Waals surface area (Å²) in [5, 5.41) is 0. The van der Waals surface area contributed by atoms with Gasteiger partial charge in [-0.15, -0.1) is 0 Å². The summed E-state index contributed by atoms with van der Waals surface area (Å²) in [7, 11) is -4.08. The normalized spacial score (nSPS) is 17.2. The van der Waals surface area contributed by atoms with Crippen LogP contribution in [0.2, 0.25) is 0 Å². The van der Waals surface area contributed by atoms with Crippen LogP contribution in [0, 0.1) is 5.41 Å². The van der Waals surface area contributed by atoms with Crippen LogP contribution < -0.4 is 0 Å². The van der Waals surface area contributed by atoms with Gasteiger partial charge >= 0.3 is 7.82 Å². The molecule has 0 aromatic carbocycles. The first-order valence-corrected chi connectivity index (χ1v) is 8.47. The van der Waals surface area contributed by atoms with Gasteiger partial charge in [-0.1, -0.05) is 45.7 Å². The molecule has 0 saturated heterocycles. The summed E-state index contributed by atoms with van der Waals surface area (Å²) >= 11 is 5.78. The summed E-state index contributed by atoms with van der Waals surface area (Å²) in [6.45, 7) is 8.93. The van der Waals surface area contributed by atoms with Crippen molar-refractivity contribution >= 4 is 19.4 Å². The zero-order valence-corrected chi connectivity index (χ0v) is 13.9. The van der Waals surface area contributed by atoms with Gasteiger partial charge in [0.15, 0.2) is 0 Å². The predicted octanol–water partition coefficient (Wildman–Crippen LogP) is 3.94. The lowest BCUT2D eigenvalue weighted by atomic mass is 9.99. The number of alkyl halides is 1. The van der Waals surface area contributed by atoms with Gasteiger partial charge in [-0.2, -0.15) is 0 Å². The Morgan fingerprint density at radius 2 is 1.95 bits per heavy atom. The Hall–Kier alpha value is 0.360. The van der Waals surface area contributed by atoms with Crippen LogP contribution in [0.4, 0.5) is 0 Å². The monoisotopic (exact) mass is 316 g/mol. The van der Waals surface area contributed by atoms with Crippen LogP contribution in [0.15, 0.2) is 0 Å². The Morgan fingerprint density at radius 1 is 1.32 bits per heavy atom. The molecule has 0 spiro atoms. The summed E-state index contributed by atoms with van der Waals surface area (Å²) in [6.07, 6.45) is 2.30. The van der Waals surface area contributed by atoms with Crippen molar-refractivity contribution in [2.75, 3.05) is 19.8 Å². The van der Waals surface area contributed by atoms with E-state index in [0.29, 0.717) is 13.0 Å². The molecule has 7 heteroatoms. The maximum Gasteiger partial charge on any atom is 0.473 e. The molecule has 0 fully saturated rings. The van der Waals surface area contributed by atoms with E-state index in [4.69, 9.17) is 25.4 Å². The lowest BCUT2D eigenvalue weighted by molar-refractivity contribution is 0.0390. The molecule has 19 heavy (non-hydrogen) atoms. The molecular formula is C12H26ClO5P. The van der Waals surface area contributed by atoms with E-state index in [1.165, 1.54) is 0 Å². The minimum absolute atomic E-state index is 0.00123. The highest BCUT2D eigenvalue weighted by atomic mass is 35.5. The Balaban J connectivity index is 3.76. The van der Waals surface area contributed by atoms with Gasteiger partial charge in [0, 0.05) is 0 Å². The number of unbranched alkanes of at least 4 members (excludes halogenated alkanes) is 1. The van der Waals surface area contributed by atoms with Crippen molar-refractivity contribution in [2.24, 2.45) is 5.41 Å². The quantitative estimate of drug-likeness (QED) is 0.376. The summed E-state index contributed by atoms with van der Waals surface area (Å²) in [5.41, 5.74) is -0.743. The summed E-state index contributed by atoms with van der Waals surface area (Å²) < 4.78 is 26.4. The van der Waals surface area contributed by atoms with Gasteiger partial charge in [0.2, 0.25) is 0 Å². The second kappa shape index (κ2) is 9.32. The molecule has 0 aliphatic carbocycles. The van der Waals surface area contributed by atoms with Gasteiger partial charge < -0.3 is 9.63 Å². The minimum atomic E-state index is -4.08. The Morgan fingerprint density at radius 3 is 2.47 bits per heavy atom. The van der Waals surface area contributed by atoms with Crippen LogP contribution in [-0.4, -0.2) is 30.3 Å². The molecule has 2 unspecified atom stereocenters. The number of phosphoric ester groups is 1. The third-order valence-corrected chi connectivity index (χ3v) is 3.51. The number of phosphoric acid groups is 1. The van der Waals surface area contributed by atoms with Crippen LogP contribution in [0.25, 0.3) is 0 Å². The number of hydrogen-bond acceptors (Lipinski definition) is 4. The minimum Gasteiger partial charge on any atom is -0.378 e. The molecule has 0 aliphatic rings. The first-order valence-electron chi connectivity index (χ1n) is 6.54. The molecule has 0 rings (SSSR count). The first kappa shape index (κ1) is 19.4. The van der Waals surface area contributed by atoms with Gasteiger partial charge in [0.1, 0.15) is 5.56 Å². The summed E-state index contributed by atoms with van der Waals surface area (Å²) in [6, 6.07) is 0. The molecular weight excluding hydrogens is 291 g/mol. The van der Waals surface area contributed by atoms with Crippen molar-refractivity contribution in [3.05, 3.63) is 0 Å². The average molecular weight is 317 g/mol.